The normalized spacial score (nSPS) is 11.5. The molecule has 0 aliphatic rings. The van der Waals surface area contributed by atoms with Gasteiger partial charge < -0.3 is 10.6 Å². The molecule has 0 aromatic heterocycles. The van der Waals surface area contributed by atoms with Crippen LogP contribution in [0.15, 0.2) is 103 Å². The highest BCUT2D eigenvalue weighted by Gasteiger charge is 2.17. The van der Waals surface area contributed by atoms with E-state index in [0.717, 1.165) is 22.3 Å². The Morgan fingerprint density at radius 2 is 1.49 bits per heavy atom. The maximum atomic E-state index is 13.6. The smallest absolute Gasteiger partial charge is 0.259 e. The van der Waals surface area contributed by atoms with E-state index in [2.05, 4.69) is 4.72 Å². The minimum Gasteiger partial charge on any atom is -0.384 e. The highest BCUT2D eigenvalue weighted by atomic mass is 32.2. The fourth-order valence-corrected chi connectivity index (χ4v) is 4.49. The molecule has 0 bridgehead atoms. The number of nitrogens with one attached hydrogen (secondary N) is 2. The first-order valence-electron chi connectivity index (χ1n) is 11.7. The maximum absolute atomic E-state index is 13.6. The van der Waals surface area contributed by atoms with Gasteiger partial charge in [0.05, 0.1) is 12.1 Å². The van der Waals surface area contributed by atoms with E-state index in [1.165, 1.54) is 0 Å². The topological polar surface area (TPSA) is 120 Å². The average Bonchev–Trinajstić information content (AvgIpc) is 2.89. The number of anilines is 1. The van der Waals surface area contributed by atoms with Crippen molar-refractivity contribution in [1.29, 1.82) is 5.41 Å². The number of carbonyl (C=O) groups excluding carboxylic acids is 1. The highest BCUT2D eigenvalue weighted by molar-refractivity contribution is 7.80. The molecule has 0 fully saturated rings. The lowest BCUT2D eigenvalue weighted by Gasteiger charge is -2.24. The molecule has 188 valence electrons. The summed E-state index contributed by atoms with van der Waals surface area (Å²) in [5, 5.41) is 7.73. The summed E-state index contributed by atoms with van der Waals surface area (Å²) in [6, 6.07) is 32.1. The van der Waals surface area contributed by atoms with Gasteiger partial charge >= 0.3 is 0 Å². The molecule has 37 heavy (non-hydrogen) atoms. The number of nitrogens with zero attached hydrogens (tertiary/aromatic N) is 1. The van der Waals surface area contributed by atoms with Crippen molar-refractivity contribution in [3.8, 4) is 11.1 Å². The van der Waals surface area contributed by atoms with Crippen molar-refractivity contribution < 1.29 is 13.6 Å². The van der Waals surface area contributed by atoms with Crippen molar-refractivity contribution >= 4 is 28.7 Å². The van der Waals surface area contributed by atoms with Gasteiger partial charge in [-0.2, -0.15) is 0 Å². The van der Waals surface area contributed by atoms with Crippen LogP contribution < -0.4 is 10.5 Å². The molecular weight excluding hydrogens is 484 g/mol. The lowest BCUT2D eigenvalue weighted by Crippen LogP contribution is -2.31. The van der Waals surface area contributed by atoms with Gasteiger partial charge in [0.15, 0.2) is 0 Å². The van der Waals surface area contributed by atoms with Crippen molar-refractivity contribution in [1.82, 2.24) is 4.90 Å². The molecule has 8 heteroatoms. The standard InChI is InChI=1S/C29H28N4O3S/c30-29(31)25-13-7-10-23(16-25)20-33(19-21-8-3-1-4-9-21)28(34)18-22-14-15-26(24-11-5-2-6-12-24)27(17-22)32-37(35)36/h1-17,32H,18-20H2,(H3,30,31)(H,35,36). The third-order valence-corrected chi connectivity index (χ3v) is 6.30. The number of benzene rings is 4. The molecule has 4 aromatic carbocycles. The molecule has 1 amide bonds. The minimum absolute atomic E-state index is 0.0254. The zero-order valence-electron chi connectivity index (χ0n) is 20.1. The minimum atomic E-state index is -2.26. The van der Waals surface area contributed by atoms with E-state index in [1.54, 1.807) is 17.0 Å². The van der Waals surface area contributed by atoms with E-state index in [1.807, 2.05) is 91.0 Å². The molecule has 0 spiro atoms. The molecule has 1 unspecified atom stereocenters. The second kappa shape index (κ2) is 12.1. The van der Waals surface area contributed by atoms with Gasteiger partial charge in [-0.15, -0.1) is 0 Å². The Morgan fingerprint density at radius 3 is 2.16 bits per heavy atom. The van der Waals surface area contributed by atoms with Gasteiger partial charge in [0.2, 0.25) is 5.91 Å². The third-order valence-electron chi connectivity index (χ3n) is 5.90. The fraction of sp³-hybridized carbons (Fsp3) is 0.103. The van der Waals surface area contributed by atoms with Crippen LogP contribution >= 0.6 is 0 Å². The fourth-order valence-electron chi connectivity index (χ4n) is 4.13. The summed E-state index contributed by atoms with van der Waals surface area (Å²) in [6.07, 6.45) is 0.112. The SMILES string of the molecule is N=C(N)c1cccc(CN(Cc2ccccc2)C(=O)Cc2ccc(-c3ccccc3)c(NS(=O)O)c2)c1. The second-order valence-corrected chi connectivity index (χ2v) is 9.33. The molecule has 5 N–H and O–H groups in total. The van der Waals surface area contributed by atoms with Crippen LogP contribution in [0.4, 0.5) is 5.69 Å². The Balaban J connectivity index is 1.61. The van der Waals surface area contributed by atoms with Crippen LogP contribution in [0, 0.1) is 5.41 Å². The van der Waals surface area contributed by atoms with Crippen molar-refractivity contribution in [2.75, 3.05) is 4.72 Å². The number of amides is 1. The first kappa shape index (κ1) is 25.8. The van der Waals surface area contributed by atoms with Crippen LogP contribution in [-0.4, -0.2) is 25.4 Å². The molecule has 1 atom stereocenters. The number of hydrogen-bond donors (Lipinski definition) is 4. The zero-order valence-corrected chi connectivity index (χ0v) is 20.9. The predicted molar refractivity (Wildman–Crippen MR) is 148 cm³/mol. The van der Waals surface area contributed by atoms with Crippen LogP contribution in [0.1, 0.15) is 22.3 Å². The van der Waals surface area contributed by atoms with Crippen molar-refractivity contribution in [2.45, 2.75) is 19.5 Å². The Morgan fingerprint density at radius 1 is 0.838 bits per heavy atom. The molecule has 0 aliphatic carbocycles. The van der Waals surface area contributed by atoms with Crippen LogP contribution in [-0.2, 0) is 35.6 Å². The number of hydrogen-bond acceptors (Lipinski definition) is 3. The van der Waals surface area contributed by atoms with Crippen molar-refractivity contribution in [3.63, 3.8) is 0 Å². The maximum Gasteiger partial charge on any atom is 0.259 e. The summed E-state index contributed by atoms with van der Waals surface area (Å²) >= 11 is -2.26. The van der Waals surface area contributed by atoms with Gasteiger partial charge in [-0.05, 0) is 34.4 Å². The predicted octanol–water partition coefficient (Wildman–Crippen LogP) is 4.96. The summed E-state index contributed by atoms with van der Waals surface area (Å²) in [7, 11) is 0. The number of nitrogen functional groups attached to an aromatic ring is 1. The number of nitrogens with two attached hydrogens (primary N) is 1. The number of rotatable bonds is 10. The van der Waals surface area contributed by atoms with Crippen LogP contribution in [0.3, 0.4) is 0 Å². The monoisotopic (exact) mass is 512 g/mol. The Hall–Kier alpha value is -4.27. The Labute approximate surface area is 218 Å². The van der Waals surface area contributed by atoms with Gasteiger partial charge in [-0.25, -0.2) is 4.21 Å². The molecule has 0 radical (unpaired) electrons. The van der Waals surface area contributed by atoms with Gasteiger partial charge in [0.25, 0.3) is 11.3 Å². The average molecular weight is 513 g/mol. The van der Waals surface area contributed by atoms with E-state index in [4.69, 9.17) is 11.1 Å². The first-order chi connectivity index (χ1) is 17.9. The van der Waals surface area contributed by atoms with Gasteiger partial charge in [-0.3, -0.25) is 19.5 Å². The first-order valence-corrected chi connectivity index (χ1v) is 12.8. The summed E-state index contributed by atoms with van der Waals surface area (Å²) in [4.78, 5) is 15.3. The quantitative estimate of drug-likeness (QED) is 0.136. The van der Waals surface area contributed by atoms with E-state index >= 15 is 0 Å². The van der Waals surface area contributed by atoms with Gasteiger partial charge in [-0.1, -0.05) is 91.0 Å². The van der Waals surface area contributed by atoms with E-state index in [0.29, 0.717) is 29.9 Å². The summed E-state index contributed by atoms with van der Waals surface area (Å²) in [5.41, 5.74) is 11.0. The Kier molecular flexibility index (Phi) is 8.45. The summed E-state index contributed by atoms with van der Waals surface area (Å²) in [5.74, 6) is -0.122. The van der Waals surface area contributed by atoms with Crippen LogP contribution in [0.25, 0.3) is 11.1 Å². The van der Waals surface area contributed by atoms with Crippen molar-refractivity contribution in [3.05, 3.63) is 125 Å². The molecule has 4 aromatic rings. The summed E-state index contributed by atoms with van der Waals surface area (Å²) in [6.45, 7) is 0.764. The highest BCUT2D eigenvalue weighted by Crippen LogP contribution is 2.30. The van der Waals surface area contributed by atoms with Crippen LogP contribution in [0.2, 0.25) is 0 Å². The van der Waals surface area contributed by atoms with E-state index in [-0.39, 0.29) is 18.2 Å². The molecule has 7 nitrogen and oxygen atoms in total. The lowest BCUT2D eigenvalue weighted by molar-refractivity contribution is -0.131. The number of carbonyl (C=O) groups is 1. The third kappa shape index (κ3) is 7.13. The summed E-state index contributed by atoms with van der Waals surface area (Å²) < 4.78 is 23.6. The molecular formula is C29H28N4O3S. The number of amidine groups is 1. The van der Waals surface area contributed by atoms with Gasteiger partial charge in [0.1, 0.15) is 5.84 Å². The van der Waals surface area contributed by atoms with E-state index in [9.17, 15) is 13.6 Å². The zero-order chi connectivity index (χ0) is 26.2. The lowest BCUT2D eigenvalue weighted by atomic mass is 10.00. The molecule has 0 heterocycles. The van der Waals surface area contributed by atoms with Crippen molar-refractivity contribution in [2.24, 2.45) is 5.73 Å². The molecule has 4 rings (SSSR count). The largest absolute Gasteiger partial charge is 0.384 e. The molecule has 0 saturated heterocycles. The van der Waals surface area contributed by atoms with E-state index < -0.39 is 11.3 Å². The Bertz CT molecular complexity index is 1410. The van der Waals surface area contributed by atoms with Crippen LogP contribution in [0.5, 0.6) is 0 Å². The molecule has 0 saturated carbocycles. The second-order valence-electron chi connectivity index (χ2n) is 8.62. The molecule has 0 aliphatic heterocycles. The van der Waals surface area contributed by atoms with Gasteiger partial charge in [0, 0.05) is 24.2 Å².